The Balaban J connectivity index is 1.48. The first-order valence-corrected chi connectivity index (χ1v) is 7.28. The van der Waals surface area contributed by atoms with Crippen LogP contribution in [0.3, 0.4) is 0 Å². The zero-order valence-corrected chi connectivity index (χ0v) is 12.0. The predicted molar refractivity (Wildman–Crippen MR) is 81.0 cm³/mol. The summed E-state index contributed by atoms with van der Waals surface area (Å²) in [4.78, 5) is 11.6. The zero-order chi connectivity index (χ0) is 14.8. The van der Waals surface area contributed by atoms with Crippen LogP contribution in [0.4, 0.5) is 4.79 Å². The summed E-state index contributed by atoms with van der Waals surface area (Å²) in [5.41, 5.74) is 2.36. The van der Waals surface area contributed by atoms with Gasteiger partial charge in [0, 0.05) is 18.7 Å². The van der Waals surface area contributed by atoms with Crippen LogP contribution in [0.5, 0.6) is 0 Å². The van der Waals surface area contributed by atoms with E-state index >= 15 is 0 Å². The summed E-state index contributed by atoms with van der Waals surface area (Å²) in [6.07, 6.45) is 6.98. The van der Waals surface area contributed by atoms with Crippen LogP contribution in [0.15, 0.2) is 47.3 Å². The molecular weight excluding hydrogens is 266 g/mol. The molecule has 0 saturated carbocycles. The van der Waals surface area contributed by atoms with Crippen LogP contribution in [0.1, 0.15) is 24.0 Å². The highest BCUT2D eigenvalue weighted by atomic mass is 16.5. The van der Waals surface area contributed by atoms with E-state index in [-0.39, 0.29) is 6.03 Å². The fourth-order valence-electron chi connectivity index (χ4n) is 2.05. The lowest BCUT2D eigenvalue weighted by Gasteiger charge is -2.07. The van der Waals surface area contributed by atoms with Gasteiger partial charge in [-0.2, -0.15) is 0 Å². The molecule has 5 heteroatoms. The van der Waals surface area contributed by atoms with Crippen LogP contribution in [-0.4, -0.2) is 24.3 Å². The number of amides is 2. The number of benzene rings is 1. The molecular formula is C16H21N3O2. The van der Waals surface area contributed by atoms with Gasteiger partial charge in [-0.05, 0) is 31.2 Å². The first kappa shape index (κ1) is 15.1. The van der Waals surface area contributed by atoms with Crippen molar-refractivity contribution in [2.24, 2.45) is 0 Å². The van der Waals surface area contributed by atoms with Gasteiger partial charge in [-0.1, -0.05) is 35.5 Å². The molecule has 0 atom stereocenters. The summed E-state index contributed by atoms with van der Waals surface area (Å²) < 4.78 is 4.74. The lowest BCUT2D eigenvalue weighted by Crippen LogP contribution is -2.36. The van der Waals surface area contributed by atoms with Gasteiger partial charge >= 0.3 is 6.03 Å². The molecule has 112 valence electrons. The maximum atomic E-state index is 11.6. The summed E-state index contributed by atoms with van der Waals surface area (Å²) in [7, 11) is 0. The molecule has 1 heterocycles. The minimum absolute atomic E-state index is 0.103. The van der Waals surface area contributed by atoms with Crippen LogP contribution in [0, 0.1) is 0 Å². The maximum Gasteiger partial charge on any atom is 0.314 e. The number of nitrogens with one attached hydrogen (secondary N) is 2. The molecule has 1 aromatic heterocycles. The van der Waals surface area contributed by atoms with Gasteiger partial charge in [-0.3, -0.25) is 0 Å². The highest BCUT2D eigenvalue weighted by molar-refractivity contribution is 5.73. The van der Waals surface area contributed by atoms with Gasteiger partial charge < -0.3 is 15.2 Å². The average Bonchev–Trinajstić information content (AvgIpc) is 3.02. The van der Waals surface area contributed by atoms with Crippen molar-refractivity contribution < 1.29 is 9.32 Å². The normalized spacial score (nSPS) is 10.3. The van der Waals surface area contributed by atoms with Crippen molar-refractivity contribution in [3.05, 3.63) is 53.9 Å². The van der Waals surface area contributed by atoms with Crippen molar-refractivity contribution in [2.45, 2.75) is 25.7 Å². The smallest absolute Gasteiger partial charge is 0.314 e. The maximum absolute atomic E-state index is 11.6. The third-order valence-corrected chi connectivity index (χ3v) is 3.18. The number of rotatable bonds is 8. The second kappa shape index (κ2) is 8.79. The molecule has 0 unspecified atom stereocenters. The molecule has 0 aliphatic heterocycles. The van der Waals surface area contributed by atoms with Gasteiger partial charge in [0.05, 0.1) is 6.20 Å². The lowest BCUT2D eigenvalue weighted by molar-refractivity contribution is 0.240. The Morgan fingerprint density at radius 1 is 1.00 bits per heavy atom. The van der Waals surface area contributed by atoms with E-state index in [0.29, 0.717) is 13.1 Å². The SMILES string of the molecule is O=C(NCCCc1ccccc1)NCCCc1cnoc1. The fraction of sp³-hybridized carbons (Fsp3) is 0.375. The second-order valence-electron chi connectivity index (χ2n) is 4.91. The predicted octanol–water partition coefficient (Wildman–Crippen LogP) is 2.54. The summed E-state index contributed by atoms with van der Waals surface area (Å²) in [6, 6.07) is 10.2. The van der Waals surface area contributed by atoms with Crippen molar-refractivity contribution in [2.75, 3.05) is 13.1 Å². The summed E-state index contributed by atoms with van der Waals surface area (Å²) in [6.45, 7) is 1.34. The zero-order valence-electron chi connectivity index (χ0n) is 12.0. The van der Waals surface area contributed by atoms with Crippen molar-refractivity contribution >= 4 is 6.03 Å². The minimum atomic E-state index is -0.103. The molecule has 0 bridgehead atoms. The molecule has 21 heavy (non-hydrogen) atoms. The van der Waals surface area contributed by atoms with Gasteiger partial charge in [0.25, 0.3) is 0 Å². The third kappa shape index (κ3) is 6.12. The highest BCUT2D eigenvalue weighted by Crippen LogP contribution is 2.01. The number of aromatic nitrogens is 1. The Kier molecular flexibility index (Phi) is 6.32. The number of aryl methyl sites for hydroxylation is 2. The Labute approximate surface area is 124 Å². The molecule has 1 aromatic carbocycles. The van der Waals surface area contributed by atoms with Gasteiger partial charge in [-0.25, -0.2) is 4.79 Å². The number of nitrogens with zero attached hydrogens (tertiary/aromatic N) is 1. The van der Waals surface area contributed by atoms with E-state index in [4.69, 9.17) is 4.52 Å². The van der Waals surface area contributed by atoms with Crippen LogP contribution >= 0.6 is 0 Å². The van der Waals surface area contributed by atoms with E-state index in [1.807, 2.05) is 18.2 Å². The van der Waals surface area contributed by atoms with Crippen LogP contribution in [-0.2, 0) is 12.8 Å². The van der Waals surface area contributed by atoms with Crippen molar-refractivity contribution in [1.82, 2.24) is 15.8 Å². The Morgan fingerprint density at radius 3 is 2.29 bits per heavy atom. The number of hydrogen-bond acceptors (Lipinski definition) is 3. The Morgan fingerprint density at radius 2 is 1.67 bits per heavy atom. The molecule has 0 aliphatic carbocycles. The van der Waals surface area contributed by atoms with E-state index in [2.05, 4.69) is 27.9 Å². The summed E-state index contributed by atoms with van der Waals surface area (Å²) in [5.74, 6) is 0. The molecule has 2 rings (SSSR count). The van der Waals surface area contributed by atoms with E-state index in [9.17, 15) is 4.79 Å². The van der Waals surface area contributed by atoms with Gasteiger partial charge in [0.15, 0.2) is 0 Å². The molecule has 0 spiro atoms. The average molecular weight is 287 g/mol. The molecule has 2 aromatic rings. The van der Waals surface area contributed by atoms with Crippen molar-refractivity contribution in [3.8, 4) is 0 Å². The topological polar surface area (TPSA) is 67.2 Å². The third-order valence-electron chi connectivity index (χ3n) is 3.18. The van der Waals surface area contributed by atoms with Crippen molar-refractivity contribution in [1.29, 1.82) is 0 Å². The molecule has 0 fully saturated rings. The number of carbonyl (C=O) groups is 1. The van der Waals surface area contributed by atoms with Crippen LogP contribution < -0.4 is 10.6 Å². The molecule has 0 aliphatic rings. The molecule has 5 nitrogen and oxygen atoms in total. The number of urea groups is 1. The highest BCUT2D eigenvalue weighted by Gasteiger charge is 2.00. The second-order valence-corrected chi connectivity index (χ2v) is 4.91. The summed E-state index contributed by atoms with van der Waals surface area (Å²) >= 11 is 0. The molecule has 2 N–H and O–H groups in total. The van der Waals surface area contributed by atoms with Crippen LogP contribution in [0.25, 0.3) is 0 Å². The lowest BCUT2D eigenvalue weighted by atomic mass is 10.1. The largest absolute Gasteiger partial charge is 0.364 e. The van der Waals surface area contributed by atoms with Gasteiger partial charge in [0.2, 0.25) is 0 Å². The van der Waals surface area contributed by atoms with E-state index in [0.717, 1.165) is 31.2 Å². The summed E-state index contributed by atoms with van der Waals surface area (Å²) in [5, 5.41) is 9.34. The molecule has 0 saturated heterocycles. The van der Waals surface area contributed by atoms with E-state index < -0.39 is 0 Å². The quantitative estimate of drug-likeness (QED) is 0.733. The first-order valence-electron chi connectivity index (χ1n) is 7.28. The van der Waals surface area contributed by atoms with E-state index in [1.54, 1.807) is 12.5 Å². The first-order chi connectivity index (χ1) is 10.3. The number of hydrogen-bond donors (Lipinski definition) is 2. The monoisotopic (exact) mass is 287 g/mol. The Hall–Kier alpha value is -2.30. The number of carbonyl (C=O) groups excluding carboxylic acids is 1. The molecule has 0 radical (unpaired) electrons. The molecule has 2 amide bonds. The standard InChI is InChI=1S/C16H21N3O2/c20-16(18-11-5-9-15-12-19-21-13-15)17-10-4-8-14-6-2-1-3-7-14/h1-3,6-7,12-13H,4-5,8-11H2,(H2,17,18,20). The van der Waals surface area contributed by atoms with Crippen LogP contribution in [0.2, 0.25) is 0 Å². The van der Waals surface area contributed by atoms with Gasteiger partial charge in [0.1, 0.15) is 6.26 Å². The van der Waals surface area contributed by atoms with Crippen molar-refractivity contribution in [3.63, 3.8) is 0 Å². The minimum Gasteiger partial charge on any atom is -0.364 e. The van der Waals surface area contributed by atoms with E-state index in [1.165, 1.54) is 5.56 Å². The van der Waals surface area contributed by atoms with Gasteiger partial charge in [-0.15, -0.1) is 0 Å². The Bertz CT molecular complexity index is 512. The fourth-order valence-corrected chi connectivity index (χ4v) is 2.05.